The Morgan fingerprint density at radius 1 is 1.03 bits per heavy atom. The molecule has 2 N–H and O–H groups in total. The summed E-state index contributed by atoms with van der Waals surface area (Å²) in [7, 11) is 0. The molecule has 0 heterocycles. The lowest BCUT2D eigenvalue weighted by Crippen LogP contribution is -2.38. The van der Waals surface area contributed by atoms with Crippen LogP contribution in [-0.4, -0.2) is 23.9 Å². The van der Waals surface area contributed by atoms with Crippen LogP contribution in [0.3, 0.4) is 0 Å². The highest BCUT2D eigenvalue weighted by molar-refractivity contribution is 5.87. The third kappa shape index (κ3) is 6.45. The zero-order chi connectivity index (χ0) is 21.7. The molecule has 0 aliphatic heterocycles. The second kappa shape index (κ2) is 9.60. The van der Waals surface area contributed by atoms with E-state index in [-0.39, 0.29) is 34.7 Å². The third-order valence-electron chi connectivity index (χ3n) is 6.40. The van der Waals surface area contributed by atoms with Crippen molar-refractivity contribution in [1.82, 2.24) is 10.6 Å². The van der Waals surface area contributed by atoms with Gasteiger partial charge in [0, 0.05) is 12.1 Å². The van der Waals surface area contributed by atoms with E-state index in [9.17, 15) is 9.59 Å². The molecule has 0 saturated heterocycles. The van der Waals surface area contributed by atoms with Crippen LogP contribution in [-0.2, 0) is 9.59 Å². The predicted octanol–water partition coefficient (Wildman–Crippen LogP) is 4.99. The standard InChI is InChI=1S/C25H38N2O2/c1-7-22(28)26-20-13-9-11-18(15-20)24(3,4)17-25(5,6)19-12-10-14-21(16-19)27-23(29)8-2/h7-8,11,16,20-21H,1-2,9-10,12-15,17H2,3-6H3,(H,26,28)(H,27,29). The van der Waals surface area contributed by atoms with Crippen LogP contribution >= 0.6 is 0 Å². The van der Waals surface area contributed by atoms with Gasteiger partial charge in [-0.25, -0.2) is 0 Å². The Morgan fingerprint density at radius 2 is 1.66 bits per heavy atom. The number of amides is 2. The molecule has 29 heavy (non-hydrogen) atoms. The van der Waals surface area contributed by atoms with E-state index in [1.54, 1.807) is 0 Å². The van der Waals surface area contributed by atoms with Gasteiger partial charge in [0.25, 0.3) is 0 Å². The van der Waals surface area contributed by atoms with E-state index in [1.807, 2.05) is 0 Å². The van der Waals surface area contributed by atoms with Crippen LogP contribution in [0.2, 0.25) is 0 Å². The molecule has 2 rings (SSSR count). The zero-order valence-electron chi connectivity index (χ0n) is 18.6. The molecule has 2 amide bonds. The summed E-state index contributed by atoms with van der Waals surface area (Å²) < 4.78 is 0. The first-order chi connectivity index (χ1) is 13.6. The Labute approximate surface area is 176 Å². The molecule has 0 radical (unpaired) electrons. The van der Waals surface area contributed by atoms with Gasteiger partial charge in [-0.3, -0.25) is 9.59 Å². The van der Waals surface area contributed by atoms with Crippen LogP contribution in [0.15, 0.2) is 48.6 Å². The second-order valence-corrected chi connectivity index (χ2v) is 9.77. The topological polar surface area (TPSA) is 58.2 Å². The molecule has 0 aromatic rings. The smallest absolute Gasteiger partial charge is 0.243 e. The summed E-state index contributed by atoms with van der Waals surface area (Å²) in [5, 5.41) is 6.10. The predicted molar refractivity (Wildman–Crippen MR) is 120 cm³/mol. The number of carbonyl (C=O) groups excluding carboxylic acids is 2. The molecule has 4 nitrogen and oxygen atoms in total. The minimum Gasteiger partial charge on any atom is -0.350 e. The largest absolute Gasteiger partial charge is 0.350 e. The fourth-order valence-corrected chi connectivity index (χ4v) is 5.02. The Kier molecular flexibility index (Phi) is 7.67. The molecule has 4 heteroatoms. The van der Waals surface area contributed by atoms with Crippen LogP contribution in [0, 0.1) is 10.8 Å². The van der Waals surface area contributed by atoms with Crippen molar-refractivity contribution < 1.29 is 9.59 Å². The molecule has 2 atom stereocenters. The highest BCUT2D eigenvalue weighted by atomic mass is 16.2. The summed E-state index contributed by atoms with van der Waals surface area (Å²) >= 11 is 0. The van der Waals surface area contributed by atoms with Gasteiger partial charge in [-0.15, -0.1) is 0 Å². The summed E-state index contributed by atoms with van der Waals surface area (Å²) in [6.07, 6.45) is 14.4. The van der Waals surface area contributed by atoms with Crippen molar-refractivity contribution in [3.05, 3.63) is 48.6 Å². The summed E-state index contributed by atoms with van der Waals surface area (Å²) in [4.78, 5) is 23.4. The van der Waals surface area contributed by atoms with Gasteiger partial charge in [0.05, 0.1) is 0 Å². The Balaban J connectivity index is 2.10. The molecule has 0 spiro atoms. The molecule has 2 aliphatic carbocycles. The highest BCUT2D eigenvalue weighted by Gasteiger charge is 2.36. The zero-order valence-corrected chi connectivity index (χ0v) is 18.6. The SMILES string of the molecule is C=CC(=O)NC1C=C(C(C)(C)CC(C)(C)C2=CCCC(NC(=O)C=C)C2)CCC1. The van der Waals surface area contributed by atoms with Crippen molar-refractivity contribution >= 4 is 11.8 Å². The lowest BCUT2D eigenvalue weighted by Gasteiger charge is -2.42. The monoisotopic (exact) mass is 398 g/mol. The molecule has 0 bridgehead atoms. The lowest BCUT2D eigenvalue weighted by molar-refractivity contribution is -0.117. The number of nitrogens with one attached hydrogen (secondary N) is 2. The quantitative estimate of drug-likeness (QED) is 0.447. The summed E-state index contributed by atoms with van der Waals surface area (Å²) in [6.45, 7) is 16.4. The van der Waals surface area contributed by atoms with Gasteiger partial charge < -0.3 is 10.6 Å². The van der Waals surface area contributed by atoms with Crippen LogP contribution in [0.4, 0.5) is 0 Å². The molecular weight excluding hydrogens is 360 g/mol. The maximum Gasteiger partial charge on any atom is 0.243 e. The van der Waals surface area contributed by atoms with Crippen LogP contribution in [0.25, 0.3) is 0 Å². The molecule has 2 unspecified atom stereocenters. The van der Waals surface area contributed by atoms with Crippen LogP contribution < -0.4 is 10.6 Å². The van der Waals surface area contributed by atoms with Gasteiger partial charge in [0.15, 0.2) is 0 Å². The van der Waals surface area contributed by atoms with E-state index in [1.165, 1.54) is 23.3 Å². The maximum atomic E-state index is 11.7. The average Bonchev–Trinajstić information content (AvgIpc) is 2.67. The van der Waals surface area contributed by atoms with Crippen molar-refractivity contribution in [3.63, 3.8) is 0 Å². The minimum absolute atomic E-state index is 0.0409. The van der Waals surface area contributed by atoms with Crippen molar-refractivity contribution in [2.75, 3.05) is 0 Å². The van der Waals surface area contributed by atoms with Crippen LogP contribution in [0.5, 0.6) is 0 Å². The second-order valence-electron chi connectivity index (χ2n) is 9.77. The number of carbonyl (C=O) groups is 2. The van der Waals surface area contributed by atoms with E-state index in [0.717, 1.165) is 44.9 Å². The minimum atomic E-state index is -0.106. The number of hydrogen-bond acceptors (Lipinski definition) is 2. The van der Waals surface area contributed by atoms with Gasteiger partial charge in [-0.05, 0) is 67.9 Å². The Morgan fingerprint density at radius 3 is 2.31 bits per heavy atom. The molecule has 0 fully saturated rings. The maximum absolute atomic E-state index is 11.7. The number of allylic oxidation sites excluding steroid dienone is 2. The summed E-state index contributed by atoms with van der Waals surface area (Å²) in [5.74, 6) is -0.194. The van der Waals surface area contributed by atoms with E-state index in [0.29, 0.717) is 0 Å². The van der Waals surface area contributed by atoms with Crippen molar-refractivity contribution in [1.29, 1.82) is 0 Å². The third-order valence-corrected chi connectivity index (χ3v) is 6.40. The first-order valence-corrected chi connectivity index (χ1v) is 10.8. The molecule has 2 aliphatic rings. The van der Waals surface area contributed by atoms with Crippen molar-refractivity contribution in [2.24, 2.45) is 10.8 Å². The molecule has 0 saturated carbocycles. The van der Waals surface area contributed by atoms with Gasteiger partial charge in [-0.2, -0.15) is 0 Å². The number of hydrogen-bond donors (Lipinski definition) is 2. The molecule has 0 aromatic carbocycles. The van der Waals surface area contributed by atoms with E-state index in [2.05, 4.69) is 63.6 Å². The van der Waals surface area contributed by atoms with Gasteiger partial charge in [0.1, 0.15) is 0 Å². The van der Waals surface area contributed by atoms with Crippen molar-refractivity contribution in [3.8, 4) is 0 Å². The highest BCUT2D eigenvalue weighted by Crippen LogP contribution is 2.47. The Bertz CT molecular complexity index is 712. The first kappa shape index (κ1) is 23.2. The fourth-order valence-electron chi connectivity index (χ4n) is 5.02. The molecular formula is C25H38N2O2. The van der Waals surface area contributed by atoms with Gasteiger partial charge in [-0.1, -0.05) is 64.2 Å². The van der Waals surface area contributed by atoms with Gasteiger partial charge in [0.2, 0.25) is 11.8 Å². The van der Waals surface area contributed by atoms with Crippen LogP contribution in [0.1, 0.15) is 72.6 Å². The average molecular weight is 399 g/mol. The van der Waals surface area contributed by atoms with E-state index < -0.39 is 0 Å². The molecule has 160 valence electrons. The van der Waals surface area contributed by atoms with E-state index >= 15 is 0 Å². The summed E-state index contributed by atoms with van der Waals surface area (Å²) in [5.41, 5.74) is 2.94. The number of rotatable bonds is 8. The van der Waals surface area contributed by atoms with E-state index in [4.69, 9.17) is 0 Å². The van der Waals surface area contributed by atoms with Crippen molar-refractivity contribution in [2.45, 2.75) is 84.7 Å². The molecule has 0 aromatic heterocycles. The Hall–Kier alpha value is -2.10. The fraction of sp³-hybridized carbons (Fsp3) is 0.600. The van der Waals surface area contributed by atoms with Gasteiger partial charge >= 0.3 is 0 Å². The normalized spacial score (nSPS) is 22.8. The lowest BCUT2D eigenvalue weighted by atomic mass is 9.64. The first-order valence-electron chi connectivity index (χ1n) is 10.8. The summed E-state index contributed by atoms with van der Waals surface area (Å²) in [6, 6.07) is 0.286.